The summed E-state index contributed by atoms with van der Waals surface area (Å²) in [5, 5.41) is 2.87. The Labute approximate surface area is 78.6 Å². The van der Waals surface area contributed by atoms with Crippen molar-refractivity contribution in [1.29, 1.82) is 0 Å². The second-order valence-electron chi connectivity index (χ2n) is 3.99. The van der Waals surface area contributed by atoms with Gasteiger partial charge in [-0.2, -0.15) is 0 Å². The third-order valence-electron chi connectivity index (χ3n) is 2.98. The van der Waals surface area contributed by atoms with Crippen molar-refractivity contribution in [3.8, 4) is 0 Å². The molecule has 1 heterocycles. The van der Waals surface area contributed by atoms with Crippen LogP contribution in [0.5, 0.6) is 0 Å². The molecule has 1 amide bonds. The minimum atomic E-state index is -0.102. The van der Waals surface area contributed by atoms with Gasteiger partial charge in [-0.15, -0.1) is 0 Å². The van der Waals surface area contributed by atoms with Gasteiger partial charge in [-0.05, 0) is 12.3 Å². The number of aliphatic imine (C=N–C) groups is 1. The van der Waals surface area contributed by atoms with E-state index in [1.54, 1.807) is 0 Å². The normalized spacial score (nSPS) is 28.2. The van der Waals surface area contributed by atoms with Crippen molar-refractivity contribution in [3.05, 3.63) is 0 Å². The van der Waals surface area contributed by atoms with E-state index >= 15 is 0 Å². The second-order valence-corrected chi connectivity index (χ2v) is 3.99. The summed E-state index contributed by atoms with van der Waals surface area (Å²) in [6.45, 7) is 2.00. The molecule has 13 heavy (non-hydrogen) atoms. The number of hydrogen-bond donors (Lipinski definition) is 1. The Balaban J connectivity index is 1.89. The zero-order chi connectivity index (χ0) is 9.26. The van der Waals surface area contributed by atoms with Crippen LogP contribution in [0.2, 0.25) is 0 Å². The maximum atomic E-state index is 11.3. The van der Waals surface area contributed by atoms with Gasteiger partial charge in [-0.1, -0.05) is 26.2 Å². The van der Waals surface area contributed by atoms with E-state index in [1.807, 2.05) is 6.92 Å². The van der Waals surface area contributed by atoms with Crippen LogP contribution < -0.4 is 5.32 Å². The summed E-state index contributed by atoms with van der Waals surface area (Å²) >= 11 is 0. The van der Waals surface area contributed by atoms with E-state index in [9.17, 15) is 4.79 Å². The molecule has 1 unspecified atom stereocenters. The molecule has 1 atom stereocenters. The van der Waals surface area contributed by atoms with Crippen LogP contribution >= 0.6 is 0 Å². The summed E-state index contributed by atoms with van der Waals surface area (Å²) in [4.78, 5) is 15.6. The lowest BCUT2D eigenvalue weighted by Crippen LogP contribution is -2.30. The first-order valence-electron chi connectivity index (χ1n) is 5.17. The average Bonchev–Trinajstić information content (AvgIpc) is 2.39. The van der Waals surface area contributed by atoms with Gasteiger partial charge in [0, 0.05) is 6.42 Å². The first-order valence-corrected chi connectivity index (χ1v) is 5.17. The zero-order valence-electron chi connectivity index (χ0n) is 8.05. The predicted molar refractivity (Wildman–Crippen MR) is 51.6 cm³/mol. The Kier molecular flexibility index (Phi) is 2.34. The third kappa shape index (κ3) is 1.74. The number of carbonyl (C=O) groups is 1. The summed E-state index contributed by atoms with van der Waals surface area (Å²) in [7, 11) is 0. The smallest absolute Gasteiger partial charge is 0.250 e. The second kappa shape index (κ2) is 3.48. The van der Waals surface area contributed by atoms with E-state index in [1.165, 1.54) is 19.3 Å². The Morgan fingerprint density at radius 3 is 2.77 bits per heavy atom. The molecule has 72 valence electrons. The highest BCUT2D eigenvalue weighted by Crippen LogP contribution is 2.30. The van der Waals surface area contributed by atoms with Gasteiger partial charge in [0.2, 0.25) is 5.91 Å². The van der Waals surface area contributed by atoms with Crippen molar-refractivity contribution in [2.75, 3.05) is 0 Å². The fraction of sp³-hybridized carbons (Fsp3) is 0.800. The van der Waals surface area contributed by atoms with E-state index in [4.69, 9.17) is 0 Å². The molecular formula is C10H16N2O. The molecule has 0 saturated heterocycles. The highest BCUT2D eigenvalue weighted by atomic mass is 16.2. The van der Waals surface area contributed by atoms with E-state index in [-0.39, 0.29) is 11.9 Å². The van der Waals surface area contributed by atoms with Gasteiger partial charge in [0.15, 0.2) is 0 Å². The minimum Gasteiger partial charge on any atom is -0.313 e. The van der Waals surface area contributed by atoms with Crippen molar-refractivity contribution in [2.24, 2.45) is 10.9 Å². The largest absolute Gasteiger partial charge is 0.313 e. The lowest BCUT2D eigenvalue weighted by Gasteiger charge is -2.24. The van der Waals surface area contributed by atoms with Gasteiger partial charge in [0.05, 0.1) is 0 Å². The third-order valence-corrected chi connectivity index (χ3v) is 2.98. The Hall–Kier alpha value is -0.860. The summed E-state index contributed by atoms with van der Waals surface area (Å²) in [5.41, 5.74) is 0. The van der Waals surface area contributed by atoms with Crippen LogP contribution in [0, 0.1) is 5.92 Å². The molecule has 0 aromatic heterocycles. The van der Waals surface area contributed by atoms with Gasteiger partial charge in [0.1, 0.15) is 11.9 Å². The molecular weight excluding hydrogens is 164 g/mol. The molecule has 1 fully saturated rings. The van der Waals surface area contributed by atoms with Crippen LogP contribution in [0.1, 0.15) is 39.0 Å². The molecule has 1 aliphatic heterocycles. The average molecular weight is 180 g/mol. The SMILES string of the molecule is CCC1N=C(CC2CCC2)NC1=O. The standard InChI is InChI=1S/C10H16N2O/c1-2-8-10(13)12-9(11-8)6-7-4-3-5-7/h7-8H,2-6H2,1H3,(H,11,12,13). The molecule has 1 aliphatic carbocycles. The number of nitrogens with zero attached hydrogens (tertiary/aromatic N) is 1. The van der Waals surface area contributed by atoms with Crippen LogP contribution in [0.3, 0.4) is 0 Å². The molecule has 3 heteroatoms. The summed E-state index contributed by atoms with van der Waals surface area (Å²) in [6.07, 6.45) is 5.78. The molecule has 0 aromatic rings. The van der Waals surface area contributed by atoms with E-state index < -0.39 is 0 Å². The number of nitrogens with one attached hydrogen (secondary N) is 1. The minimum absolute atomic E-state index is 0.0943. The van der Waals surface area contributed by atoms with Crippen molar-refractivity contribution in [3.63, 3.8) is 0 Å². The molecule has 2 aliphatic rings. The fourth-order valence-electron chi connectivity index (χ4n) is 1.86. The number of carbonyl (C=O) groups excluding carboxylic acids is 1. The Morgan fingerprint density at radius 1 is 1.54 bits per heavy atom. The summed E-state index contributed by atoms with van der Waals surface area (Å²) in [5.74, 6) is 1.81. The monoisotopic (exact) mass is 180 g/mol. The van der Waals surface area contributed by atoms with Gasteiger partial charge in [-0.3, -0.25) is 9.79 Å². The lowest BCUT2D eigenvalue weighted by atomic mass is 9.83. The molecule has 0 spiro atoms. The van der Waals surface area contributed by atoms with Gasteiger partial charge in [-0.25, -0.2) is 0 Å². The van der Waals surface area contributed by atoms with Crippen molar-refractivity contribution in [1.82, 2.24) is 5.32 Å². The van der Waals surface area contributed by atoms with E-state index in [2.05, 4.69) is 10.3 Å². The molecule has 0 aromatic carbocycles. The quantitative estimate of drug-likeness (QED) is 0.702. The highest BCUT2D eigenvalue weighted by Gasteiger charge is 2.27. The van der Waals surface area contributed by atoms with Gasteiger partial charge in [0.25, 0.3) is 0 Å². The van der Waals surface area contributed by atoms with Gasteiger partial charge >= 0.3 is 0 Å². The van der Waals surface area contributed by atoms with Crippen LogP contribution in [0.4, 0.5) is 0 Å². The van der Waals surface area contributed by atoms with Crippen molar-refractivity contribution in [2.45, 2.75) is 45.1 Å². The fourth-order valence-corrected chi connectivity index (χ4v) is 1.86. The van der Waals surface area contributed by atoms with Crippen LogP contribution in [0.25, 0.3) is 0 Å². The number of amidine groups is 1. The Morgan fingerprint density at radius 2 is 2.31 bits per heavy atom. The molecule has 0 radical (unpaired) electrons. The molecule has 0 bridgehead atoms. The maximum absolute atomic E-state index is 11.3. The van der Waals surface area contributed by atoms with Crippen molar-refractivity contribution >= 4 is 11.7 Å². The number of rotatable bonds is 3. The van der Waals surface area contributed by atoms with E-state index in [0.29, 0.717) is 0 Å². The van der Waals surface area contributed by atoms with Crippen molar-refractivity contribution < 1.29 is 4.79 Å². The first-order chi connectivity index (χ1) is 6.29. The summed E-state index contributed by atoms with van der Waals surface area (Å²) < 4.78 is 0. The Bertz CT molecular complexity index is 243. The first kappa shape index (κ1) is 8.73. The molecule has 3 nitrogen and oxygen atoms in total. The van der Waals surface area contributed by atoms with Crippen LogP contribution in [-0.4, -0.2) is 17.8 Å². The molecule has 1 N–H and O–H groups in total. The zero-order valence-corrected chi connectivity index (χ0v) is 8.05. The highest BCUT2D eigenvalue weighted by molar-refractivity contribution is 6.05. The number of hydrogen-bond acceptors (Lipinski definition) is 2. The lowest BCUT2D eigenvalue weighted by molar-refractivity contribution is -0.120. The number of amides is 1. The predicted octanol–water partition coefficient (Wildman–Crippen LogP) is 1.48. The van der Waals surface area contributed by atoms with Gasteiger partial charge < -0.3 is 5.32 Å². The van der Waals surface area contributed by atoms with Crippen LogP contribution in [-0.2, 0) is 4.79 Å². The van der Waals surface area contributed by atoms with E-state index in [0.717, 1.165) is 24.6 Å². The van der Waals surface area contributed by atoms with Crippen LogP contribution in [0.15, 0.2) is 4.99 Å². The topological polar surface area (TPSA) is 41.5 Å². The molecule has 1 saturated carbocycles. The summed E-state index contributed by atoms with van der Waals surface area (Å²) in [6, 6.07) is -0.102. The molecule has 2 rings (SSSR count). The maximum Gasteiger partial charge on any atom is 0.250 e.